The van der Waals surface area contributed by atoms with Crippen LogP contribution >= 0.6 is 0 Å². The number of benzene rings is 2. The average Bonchev–Trinajstić information content (AvgIpc) is 3.65. The molecule has 3 atom stereocenters. The highest BCUT2D eigenvalue weighted by Crippen LogP contribution is 2.30. The maximum Gasteiger partial charge on any atom is 0.262 e. The molecule has 6 nitrogen and oxygen atoms in total. The Morgan fingerprint density at radius 1 is 1.06 bits per heavy atom. The Morgan fingerprint density at radius 3 is 2.75 bits per heavy atom. The van der Waals surface area contributed by atoms with Crippen LogP contribution in [0.1, 0.15) is 39.0 Å². The number of likely N-dealkylation sites (tertiary alicyclic amines) is 1. The second kappa shape index (κ2) is 9.87. The third-order valence-electron chi connectivity index (χ3n) is 8.12. The molecule has 0 radical (unpaired) electrons. The summed E-state index contributed by atoms with van der Waals surface area (Å²) in [4.78, 5) is 18.0. The molecule has 0 amide bonds. The van der Waals surface area contributed by atoms with Crippen LogP contribution in [-0.2, 0) is 4.74 Å². The molecule has 7 heteroatoms. The molecule has 3 saturated heterocycles. The minimum Gasteiger partial charge on any atom is -0.491 e. The van der Waals surface area contributed by atoms with Crippen LogP contribution < -0.4 is 15.2 Å². The molecule has 6 rings (SSSR count). The van der Waals surface area contributed by atoms with Crippen LogP contribution in [0.2, 0.25) is 0 Å². The van der Waals surface area contributed by atoms with Gasteiger partial charge in [-0.25, -0.2) is 4.39 Å². The van der Waals surface area contributed by atoms with E-state index in [2.05, 4.69) is 16.7 Å². The van der Waals surface area contributed by atoms with Crippen molar-refractivity contribution in [2.24, 2.45) is 0 Å². The highest BCUT2D eigenvalue weighted by molar-refractivity contribution is 5.83. The van der Waals surface area contributed by atoms with E-state index in [-0.39, 0.29) is 17.5 Å². The summed E-state index contributed by atoms with van der Waals surface area (Å²) in [5.41, 5.74) is 0.982. The lowest BCUT2D eigenvalue weighted by molar-refractivity contribution is 0.0680. The number of pyridine rings is 1. The van der Waals surface area contributed by atoms with Crippen LogP contribution in [0, 0.1) is 5.82 Å². The van der Waals surface area contributed by atoms with Gasteiger partial charge in [0.2, 0.25) is 0 Å². The molecule has 0 aliphatic carbocycles. The third kappa shape index (κ3) is 4.50. The third-order valence-corrected chi connectivity index (χ3v) is 8.12. The van der Waals surface area contributed by atoms with E-state index in [0.29, 0.717) is 35.5 Å². The first-order valence-corrected chi connectivity index (χ1v) is 13.3. The van der Waals surface area contributed by atoms with E-state index in [1.54, 1.807) is 12.3 Å². The fourth-order valence-electron chi connectivity index (χ4n) is 6.12. The summed E-state index contributed by atoms with van der Waals surface area (Å²) in [7, 11) is 0. The normalized spacial score (nSPS) is 24.7. The van der Waals surface area contributed by atoms with Gasteiger partial charge >= 0.3 is 0 Å². The van der Waals surface area contributed by atoms with Crippen LogP contribution in [0.4, 0.5) is 10.1 Å². The summed E-state index contributed by atoms with van der Waals surface area (Å²) in [6, 6.07) is 13.6. The number of rotatable bonds is 6. The lowest BCUT2D eigenvalue weighted by atomic mass is 10.1. The van der Waals surface area contributed by atoms with Gasteiger partial charge in [-0.2, -0.15) is 0 Å². The minimum atomic E-state index is -0.285. The van der Waals surface area contributed by atoms with E-state index < -0.39 is 0 Å². The van der Waals surface area contributed by atoms with E-state index in [0.717, 1.165) is 56.6 Å². The van der Waals surface area contributed by atoms with Crippen LogP contribution in [-0.4, -0.2) is 60.5 Å². The largest absolute Gasteiger partial charge is 0.491 e. The zero-order chi connectivity index (χ0) is 24.6. The van der Waals surface area contributed by atoms with E-state index >= 15 is 4.39 Å². The van der Waals surface area contributed by atoms with Gasteiger partial charge < -0.3 is 14.4 Å². The smallest absolute Gasteiger partial charge is 0.262 e. The summed E-state index contributed by atoms with van der Waals surface area (Å²) < 4.78 is 28.3. The molecule has 4 heterocycles. The number of ether oxygens (including phenoxy) is 2. The fourth-order valence-corrected chi connectivity index (χ4v) is 6.12. The van der Waals surface area contributed by atoms with Crippen molar-refractivity contribution in [1.82, 2.24) is 9.47 Å². The summed E-state index contributed by atoms with van der Waals surface area (Å²) >= 11 is 0. The zero-order valence-electron chi connectivity index (χ0n) is 20.9. The van der Waals surface area contributed by atoms with Crippen molar-refractivity contribution in [3.8, 4) is 11.4 Å². The Hall–Kier alpha value is -2.90. The van der Waals surface area contributed by atoms with Crippen LogP contribution in [0.25, 0.3) is 16.5 Å². The number of anilines is 1. The van der Waals surface area contributed by atoms with Gasteiger partial charge in [-0.05, 0) is 87.4 Å². The predicted molar refractivity (Wildman–Crippen MR) is 140 cm³/mol. The molecule has 1 unspecified atom stereocenters. The van der Waals surface area contributed by atoms with Crippen LogP contribution in [0.15, 0.2) is 53.5 Å². The number of aromatic nitrogens is 1. The number of hydrogen-bond donors (Lipinski definition) is 0. The zero-order valence-corrected chi connectivity index (χ0v) is 20.9. The molecule has 3 aromatic rings. The van der Waals surface area contributed by atoms with E-state index in [4.69, 9.17) is 9.47 Å². The van der Waals surface area contributed by atoms with Crippen molar-refractivity contribution in [2.45, 2.75) is 57.2 Å². The Balaban J connectivity index is 1.19. The summed E-state index contributed by atoms with van der Waals surface area (Å²) in [6.45, 7) is 6.47. The van der Waals surface area contributed by atoms with Crippen molar-refractivity contribution in [3.05, 3.63) is 64.8 Å². The molecule has 3 fully saturated rings. The van der Waals surface area contributed by atoms with Gasteiger partial charge in [0.05, 0.1) is 17.5 Å². The van der Waals surface area contributed by atoms with Crippen molar-refractivity contribution in [2.75, 3.05) is 37.7 Å². The van der Waals surface area contributed by atoms with Gasteiger partial charge in [0.15, 0.2) is 0 Å². The SMILES string of the molecule is C[C@@H]1CCCN1C1CCN(c2ccc(-n3ccc4cc(OC[C@H]5CCCO5)ccc4c3=O)cc2F)C1. The molecule has 0 bridgehead atoms. The van der Waals surface area contributed by atoms with E-state index in [1.807, 2.05) is 30.3 Å². The first-order chi connectivity index (χ1) is 17.6. The Morgan fingerprint density at radius 2 is 1.97 bits per heavy atom. The van der Waals surface area contributed by atoms with Crippen LogP contribution in [0.3, 0.4) is 0 Å². The van der Waals surface area contributed by atoms with E-state index in [1.165, 1.54) is 23.5 Å². The Labute approximate surface area is 211 Å². The molecular formula is C29H34FN3O3. The van der Waals surface area contributed by atoms with Gasteiger partial charge in [0.25, 0.3) is 5.56 Å². The number of hydrogen-bond acceptors (Lipinski definition) is 5. The van der Waals surface area contributed by atoms with E-state index in [9.17, 15) is 4.79 Å². The second-order valence-corrected chi connectivity index (χ2v) is 10.4. The summed E-state index contributed by atoms with van der Waals surface area (Å²) in [6.07, 6.45) is 7.52. The molecule has 0 saturated carbocycles. The molecule has 1 aromatic heterocycles. The van der Waals surface area contributed by atoms with Gasteiger partial charge in [0, 0.05) is 49.4 Å². The van der Waals surface area contributed by atoms with Crippen molar-refractivity contribution in [3.63, 3.8) is 0 Å². The van der Waals surface area contributed by atoms with Crippen LogP contribution in [0.5, 0.6) is 5.75 Å². The van der Waals surface area contributed by atoms with Crippen molar-refractivity contribution >= 4 is 16.5 Å². The lowest BCUT2D eigenvalue weighted by Gasteiger charge is -2.28. The molecule has 36 heavy (non-hydrogen) atoms. The highest BCUT2D eigenvalue weighted by Gasteiger charge is 2.33. The molecule has 0 N–H and O–H groups in total. The first kappa shape index (κ1) is 23.5. The number of fused-ring (bicyclic) bond motifs is 1. The van der Waals surface area contributed by atoms with Gasteiger partial charge in [0.1, 0.15) is 18.2 Å². The summed E-state index contributed by atoms with van der Waals surface area (Å²) in [5.74, 6) is 0.435. The van der Waals surface area contributed by atoms with Crippen molar-refractivity contribution < 1.29 is 13.9 Å². The Bertz CT molecular complexity index is 1300. The predicted octanol–water partition coefficient (Wildman–Crippen LogP) is 4.75. The van der Waals surface area contributed by atoms with Gasteiger partial charge in [-0.1, -0.05) is 0 Å². The molecule has 3 aliphatic rings. The Kier molecular flexibility index (Phi) is 6.44. The van der Waals surface area contributed by atoms with Gasteiger partial charge in [-0.15, -0.1) is 0 Å². The number of nitrogens with zero attached hydrogens (tertiary/aromatic N) is 3. The minimum absolute atomic E-state index is 0.141. The molecule has 2 aromatic carbocycles. The molecule has 190 valence electrons. The average molecular weight is 492 g/mol. The molecule has 3 aliphatic heterocycles. The topological polar surface area (TPSA) is 46.9 Å². The second-order valence-electron chi connectivity index (χ2n) is 10.4. The lowest BCUT2D eigenvalue weighted by Crippen LogP contribution is -2.39. The van der Waals surface area contributed by atoms with Gasteiger partial charge in [-0.3, -0.25) is 14.3 Å². The molecular weight excluding hydrogens is 457 g/mol. The maximum atomic E-state index is 15.3. The van der Waals surface area contributed by atoms with Crippen molar-refractivity contribution in [1.29, 1.82) is 0 Å². The fraction of sp³-hybridized carbons (Fsp3) is 0.483. The first-order valence-electron chi connectivity index (χ1n) is 13.3. The highest BCUT2D eigenvalue weighted by atomic mass is 19.1. The standard InChI is InChI=1S/C29H34FN3O3/c1-20-4-2-12-32(20)23-11-13-31(18-23)28-9-6-22(17-27(28)30)33-14-10-21-16-24(7-8-26(21)29(33)34)36-19-25-5-3-15-35-25/h6-10,14,16-17,20,23,25H,2-5,11-13,15,18-19H2,1H3/t20-,23?,25-/m1/s1. The monoisotopic (exact) mass is 491 g/mol. The maximum absolute atomic E-state index is 15.3. The number of halogens is 1. The quantitative estimate of drug-likeness (QED) is 0.498. The molecule has 0 spiro atoms. The summed E-state index contributed by atoms with van der Waals surface area (Å²) in [5, 5.41) is 1.38.